The van der Waals surface area contributed by atoms with Gasteiger partial charge >= 0.3 is 0 Å². The highest BCUT2D eigenvalue weighted by atomic mass is 16.5. The third-order valence-corrected chi connectivity index (χ3v) is 6.99. The van der Waals surface area contributed by atoms with E-state index in [0.717, 1.165) is 24.3 Å². The molecule has 0 fully saturated rings. The molecule has 2 aliphatic rings. The van der Waals surface area contributed by atoms with Crippen molar-refractivity contribution in [3.05, 3.63) is 89.0 Å². The fraction of sp³-hybridized carbons (Fsp3) is 0.133. The molecule has 0 radical (unpaired) electrons. The zero-order valence-corrected chi connectivity index (χ0v) is 21.3. The molecule has 4 atom stereocenters. The quantitative estimate of drug-likeness (QED) is 0.187. The van der Waals surface area contributed by atoms with Crippen LogP contribution in [0.4, 0.5) is 0 Å². The summed E-state index contributed by atoms with van der Waals surface area (Å²) in [6.45, 7) is 0. The Hall–Kier alpha value is -5.46. The van der Waals surface area contributed by atoms with Crippen molar-refractivity contribution in [1.29, 1.82) is 0 Å². The number of hydrogen-bond acceptors (Lipinski definition) is 12. The minimum absolute atomic E-state index is 0.0583. The van der Waals surface area contributed by atoms with Gasteiger partial charge in [-0.05, 0) is 35.4 Å². The second-order valence-corrected chi connectivity index (χ2v) is 9.77. The topological polar surface area (TPSA) is 203 Å². The molecule has 214 valence electrons. The van der Waals surface area contributed by atoms with Crippen LogP contribution < -0.4 is 14.2 Å². The van der Waals surface area contributed by atoms with Crippen LogP contribution in [0, 0.1) is 0 Å². The van der Waals surface area contributed by atoms with Crippen LogP contribution in [0.5, 0.6) is 51.7 Å². The minimum atomic E-state index is -1.71. The fourth-order valence-electron chi connectivity index (χ4n) is 4.97. The summed E-state index contributed by atoms with van der Waals surface area (Å²) in [7, 11) is 0. The lowest BCUT2D eigenvalue weighted by Gasteiger charge is -2.30. The van der Waals surface area contributed by atoms with Crippen LogP contribution in [-0.4, -0.2) is 59.5 Å². The molecular weight excluding hydrogens is 552 g/mol. The lowest BCUT2D eigenvalue weighted by Crippen LogP contribution is -2.36. The number of phenols is 5. The van der Waals surface area contributed by atoms with E-state index in [1.807, 2.05) is 0 Å². The number of ether oxygens (including phenoxy) is 3. The normalized spacial score (nSPS) is 21.1. The van der Waals surface area contributed by atoms with Crippen LogP contribution in [0.1, 0.15) is 44.1 Å². The van der Waals surface area contributed by atoms with Crippen LogP contribution in [0.3, 0.4) is 0 Å². The lowest BCUT2D eigenvalue weighted by atomic mass is 9.92. The van der Waals surface area contributed by atoms with Gasteiger partial charge < -0.3 is 50.0 Å². The summed E-state index contributed by atoms with van der Waals surface area (Å²) in [4.78, 5) is 25.4. The Balaban J connectivity index is 1.24. The van der Waals surface area contributed by atoms with Crippen molar-refractivity contribution in [3.63, 3.8) is 0 Å². The first-order chi connectivity index (χ1) is 20.0. The van der Waals surface area contributed by atoms with Gasteiger partial charge in [0.15, 0.2) is 35.9 Å². The number of aromatic hydroxyl groups is 5. The fourth-order valence-corrected chi connectivity index (χ4v) is 4.97. The highest BCUT2D eigenvalue weighted by Crippen LogP contribution is 2.44. The molecule has 7 N–H and O–H groups in total. The lowest BCUT2D eigenvalue weighted by molar-refractivity contribution is 0.0207. The van der Waals surface area contributed by atoms with Gasteiger partial charge in [-0.3, -0.25) is 9.59 Å². The molecule has 12 heteroatoms. The maximum Gasteiger partial charge on any atom is 0.202 e. The minimum Gasteiger partial charge on any atom is -0.508 e. The van der Waals surface area contributed by atoms with Gasteiger partial charge in [0.1, 0.15) is 51.4 Å². The molecule has 4 aromatic carbocycles. The number of aliphatic hydroxyl groups excluding tert-OH is 2. The molecular formula is C30H22O12. The van der Waals surface area contributed by atoms with E-state index in [9.17, 15) is 45.3 Å². The third kappa shape index (κ3) is 4.44. The van der Waals surface area contributed by atoms with Gasteiger partial charge in [-0.1, -0.05) is 18.2 Å². The number of phenolic OH excluding ortho intramolecular Hbond substituents is 5. The Kier molecular flexibility index (Phi) is 6.29. The van der Waals surface area contributed by atoms with Crippen molar-refractivity contribution in [2.45, 2.75) is 24.4 Å². The predicted molar refractivity (Wildman–Crippen MR) is 142 cm³/mol. The molecule has 0 saturated heterocycles. The van der Waals surface area contributed by atoms with Gasteiger partial charge in [0, 0.05) is 24.3 Å². The number of ketones is 2. The first kappa shape index (κ1) is 26.7. The number of benzene rings is 4. The Bertz CT molecular complexity index is 1750. The second kappa shape index (κ2) is 9.87. The highest BCUT2D eigenvalue weighted by Gasteiger charge is 2.40. The van der Waals surface area contributed by atoms with E-state index in [2.05, 4.69) is 0 Å². The van der Waals surface area contributed by atoms with Crippen molar-refractivity contribution < 1.29 is 59.5 Å². The summed E-state index contributed by atoms with van der Waals surface area (Å²) >= 11 is 0. The summed E-state index contributed by atoms with van der Waals surface area (Å²) in [5.74, 6) is -3.65. The van der Waals surface area contributed by atoms with Gasteiger partial charge in [0.25, 0.3) is 0 Å². The van der Waals surface area contributed by atoms with Crippen LogP contribution in [0.2, 0.25) is 0 Å². The van der Waals surface area contributed by atoms with Crippen LogP contribution >= 0.6 is 0 Å². The molecule has 0 bridgehead atoms. The van der Waals surface area contributed by atoms with Gasteiger partial charge in [0.05, 0.1) is 0 Å². The molecule has 0 saturated carbocycles. The molecule has 0 aromatic heterocycles. The van der Waals surface area contributed by atoms with E-state index in [-0.39, 0.29) is 56.9 Å². The van der Waals surface area contributed by atoms with E-state index < -0.39 is 47.5 Å². The number of carbonyl (C=O) groups is 2. The van der Waals surface area contributed by atoms with Crippen molar-refractivity contribution in [2.75, 3.05) is 0 Å². The van der Waals surface area contributed by atoms with E-state index in [4.69, 9.17) is 14.2 Å². The third-order valence-electron chi connectivity index (χ3n) is 6.99. The number of carbonyl (C=O) groups excluding carboxylic acids is 2. The van der Waals surface area contributed by atoms with E-state index in [1.165, 1.54) is 42.5 Å². The zero-order valence-electron chi connectivity index (χ0n) is 21.3. The van der Waals surface area contributed by atoms with Crippen molar-refractivity contribution in [1.82, 2.24) is 0 Å². The molecule has 4 unspecified atom stereocenters. The number of rotatable bonds is 4. The second-order valence-electron chi connectivity index (χ2n) is 9.77. The van der Waals surface area contributed by atoms with E-state index in [1.54, 1.807) is 0 Å². The van der Waals surface area contributed by atoms with Crippen LogP contribution in [0.15, 0.2) is 66.7 Å². The van der Waals surface area contributed by atoms with Crippen molar-refractivity contribution >= 4 is 11.6 Å². The standard InChI is InChI=1S/C30H22O12/c31-14-8-18(34)23-21(10-14)41-29(27(38)25(23)36)12-1-4-16(5-2-12)40-20-7-13(3-6-17(20)33)30-28(39)26(37)24-19(35)9-15(32)11-22(24)42-30/h1-11,27-35,38-39H. The Labute approximate surface area is 236 Å². The summed E-state index contributed by atoms with van der Waals surface area (Å²) < 4.78 is 17.2. The van der Waals surface area contributed by atoms with Gasteiger partial charge in [0.2, 0.25) is 11.6 Å². The molecule has 6 rings (SSSR count). The van der Waals surface area contributed by atoms with Crippen LogP contribution in [-0.2, 0) is 0 Å². The largest absolute Gasteiger partial charge is 0.508 e. The average Bonchev–Trinajstić information content (AvgIpc) is 2.93. The first-order valence-corrected chi connectivity index (χ1v) is 12.5. The molecule has 0 spiro atoms. The summed E-state index contributed by atoms with van der Waals surface area (Å²) in [5, 5.41) is 71.2. The maximum atomic E-state index is 12.8. The number of hydrogen-bond donors (Lipinski definition) is 7. The number of aliphatic hydroxyl groups is 2. The van der Waals surface area contributed by atoms with Crippen LogP contribution in [0.25, 0.3) is 0 Å². The van der Waals surface area contributed by atoms with Gasteiger partial charge in [-0.15, -0.1) is 0 Å². The zero-order chi connectivity index (χ0) is 29.9. The molecule has 0 amide bonds. The highest BCUT2D eigenvalue weighted by molar-refractivity contribution is 6.06. The first-order valence-electron chi connectivity index (χ1n) is 12.5. The Morgan fingerprint density at radius 1 is 0.571 bits per heavy atom. The Morgan fingerprint density at radius 2 is 1.05 bits per heavy atom. The number of Topliss-reactive ketones (excluding diaryl/α,β-unsaturated/α-hetero) is 2. The monoisotopic (exact) mass is 574 g/mol. The average molecular weight is 574 g/mol. The summed E-state index contributed by atoms with van der Waals surface area (Å²) in [5.41, 5.74) is 0.115. The molecule has 4 aromatic rings. The summed E-state index contributed by atoms with van der Waals surface area (Å²) in [6, 6.07) is 14.2. The van der Waals surface area contributed by atoms with Crippen molar-refractivity contribution in [3.8, 4) is 51.7 Å². The summed E-state index contributed by atoms with van der Waals surface area (Å²) in [6.07, 6.45) is -5.75. The smallest absolute Gasteiger partial charge is 0.202 e. The number of fused-ring (bicyclic) bond motifs is 2. The SMILES string of the molecule is O=C1c2c(O)cc(O)cc2OC(c2ccc(Oc3cc(C4Oc5cc(O)cc(O)c5C(=O)C4O)ccc3O)cc2)C1O. The Morgan fingerprint density at radius 3 is 1.57 bits per heavy atom. The predicted octanol–water partition coefficient (Wildman–Crippen LogP) is 3.36. The van der Waals surface area contributed by atoms with Gasteiger partial charge in [-0.25, -0.2) is 0 Å². The van der Waals surface area contributed by atoms with Crippen molar-refractivity contribution in [2.24, 2.45) is 0 Å². The molecule has 12 nitrogen and oxygen atoms in total. The van der Waals surface area contributed by atoms with E-state index >= 15 is 0 Å². The maximum absolute atomic E-state index is 12.8. The molecule has 2 heterocycles. The van der Waals surface area contributed by atoms with Gasteiger partial charge in [-0.2, -0.15) is 0 Å². The molecule has 2 aliphatic heterocycles. The van der Waals surface area contributed by atoms with E-state index in [0.29, 0.717) is 5.56 Å². The molecule has 0 aliphatic carbocycles. The molecule has 42 heavy (non-hydrogen) atoms.